The van der Waals surface area contributed by atoms with Crippen LogP contribution in [-0.4, -0.2) is 24.9 Å². The van der Waals surface area contributed by atoms with Crippen molar-refractivity contribution in [3.05, 3.63) is 47.0 Å². The highest BCUT2D eigenvalue weighted by Crippen LogP contribution is 1.98. The molecule has 0 aliphatic carbocycles. The van der Waals surface area contributed by atoms with Crippen LogP contribution >= 0.6 is 15.9 Å². The normalized spacial score (nSPS) is 9.47. The van der Waals surface area contributed by atoms with Gasteiger partial charge in [0, 0.05) is 16.6 Å². The lowest BCUT2D eigenvalue weighted by Gasteiger charge is -2.06. The Labute approximate surface area is 108 Å². The van der Waals surface area contributed by atoms with Crippen LogP contribution in [0.5, 0.6) is 0 Å². The summed E-state index contributed by atoms with van der Waals surface area (Å²) in [5, 5.41) is 5.12. The molecule has 0 atom stereocenters. The number of benzene rings is 1. The average Bonchev–Trinajstić information content (AvgIpc) is 2.34. The van der Waals surface area contributed by atoms with E-state index in [1.54, 1.807) is 24.3 Å². The molecule has 0 unspecified atom stereocenters. The maximum Gasteiger partial charge on any atom is 0.251 e. The molecule has 0 heterocycles. The standard InChI is InChI=1S/C12H13BrN2O2/c1-9(13)7-14-11(16)8-15-12(17)10-5-3-2-4-6-10/h2-6H,1,7-8H2,(H,14,16)(H,15,17). The Bertz CT molecular complexity index is 418. The number of carbonyl (C=O) groups is 2. The van der Waals surface area contributed by atoms with Crippen molar-refractivity contribution < 1.29 is 9.59 Å². The van der Waals surface area contributed by atoms with Crippen LogP contribution in [0.15, 0.2) is 41.4 Å². The van der Waals surface area contributed by atoms with Gasteiger partial charge in [0.1, 0.15) is 0 Å². The predicted octanol–water partition coefficient (Wildman–Crippen LogP) is 1.44. The van der Waals surface area contributed by atoms with Crippen LogP contribution in [0, 0.1) is 0 Å². The Kier molecular flexibility index (Phi) is 5.42. The predicted molar refractivity (Wildman–Crippen MR) is 69.9 cm³/mol. The van der Waals surface area contributed by atoms with E-state index in [1.807, 2.05) is 6.07 Å². The summed E-state index contributed by atoms with van der Waals surface area (Å²) < 4.78 is 0.681. The maximum absolute atomic E-state index is 11.6. The molecule has 1 rings (SSSR count). The summed E-state index contributed by atoms with van der Waals surface area (Å²) in [6.45, 7) is 3.88. The highest BCUT2D eigenvalue weighted by atomic mass is 79.9. The van der Waals surface area contributed by atoms with Crippen molar-refractivity contribution in [3.63, 3.8) is 0 Å². The molecule has 0 aromatic heterocycles. The van der Waals surface area contributed by atoms with Crippen LogP contribution in [-0.2, 0) is 4.79 Å². The number of carbonyl (C=O) groups excluding carboxylic acids is 2. The Balaban J connectivity index is 2.34. The first-order valence-electron chi connectivity index (χ1n) is 5.03. The van der Waals surface area contributed by atoms with E-state index < -0.39 is 0 Å². The van der Waals surface area contributed by atoms with Crippen LogP contribution in [0.4, 0.5) is 0 Å². The zero-order valence-electron chi connectivity index (χ0n) is 9.20. The number of nitrogens with one attached hydrogen (secondary N) is 2. The van der Waals surface area contributed by atoms with E-state index in [0.29, 0.717) is 16.6 Å². The number of halogens is 1. The van der Waals surface area contributed by atoms with Crippen LogP contribution in [0.3, 0.4) is 0 Å². The molecule has 1 aromatic carbocycles. The van der Waals surface area contributed by atoms with Crippen molar-refractivity contribution in [2.75, 3.05) is 13.1 Å². The Morgan fingerprint density at radius 2 is 1.76 bits per heavy atom. The van der Waals surface area contributed by atoms with Gasteiger partial charge >= 0.3 is 0 Å². The van der Waals surface area contributed by atoms with Crippen molar-refractivity contribution in [3.8, 4) is 0 Å². The van der Waals surface area contributed by atoms with Gasteiger partial charge in [-0.25, -0.2) is 0 Å². The minimum Gasteiger partial charge on any atom is -0.350 e. The van der Waals surface area contributed by atoms with Gasteiger partial charge in [0.25, 0.3) is 5.91 Å². The first kappa shape index (κ1) is 13.4. The smallest absolute Gasteiger partial charge is 0.251 e. The number of rotatable bonds is 5. The summed E-state index contributed by atoms with van der Waals surface area (Å²) >= 11 is 3.12. The van der Waals surface area contributed by atoms with E-state index >= 15 is 0 Å². The lowest BCUT2D eigenvalue weighted by Crippen LogP contribution is -2.37. The van der Waals surface area contributed by atoms with E-state index in [1.165, 1.54) is 0 Å². The summed E-state index contributed by atoms with van der Waals surface area (Å²) in [7, 11) is 0. The monoisotopic (exact) mass is 296 g/mol. The van der Waals surface area contributed by atoms with Crippen molar-refractivity contribution in [2.24, 2.45) is 0 Å². The molecule has 5 heteroatoms. The Morgan fingerprint density at radius 3 is 2.35 bits per heavy atom. The van der Waals surface area contributed by atoms with Gasteiger partial charge in [0.15, 0.2) is 0 Å². The molecular formula is C12H13BrN2O2. The largest absolute Gasteiger partial charge is 0.350 e. The van der Waals surface area contributed by atoms with Gasteiger partial charge in [-0.05, 0) is 12.1 Å². The second-order valence-corrected chi connectivity index (χ2v) is 4.46. The number of amides is 2. The van der Waals surface area contributed by atoms with Gasteiger partial charge in [-0.1, -0.05) is 40.7 Å². The lowest BCUT2D eigenvalue weighted by atomic mass is 10.2. The molecule has 0 aliphatic rings. The molecule has 90 valence electrons. The summed E-state index contributed by atoms with van der Waals surface area (Å²) in [6.07, 6.45) is 0. The molecule has 0 spiro atoms. The fourth-order valence-corrected chi connectivity index (χ4v) is 1.25. The minimum absolute atomic E-state index is 0.0476. The molecule has 1 aromatic rings. The van der Waals surface area contributed by atoms with Gasteiger partial charge < -0.3 is 10.6 Å². The maximum atomic E-state index is 11.6. The molecule has 17 heavy (non-hydrogen) atoms. The zero-order valence-corrected chi connectivity index (χ0v) is 10.8. The zero-order chi connectivity index (χ0) is 12.7. The summed E-state index contributed by atoms with van der Waals surface area (Å²) in [4.78, 5) is 22.9. The second kappa shape index (κ2) is 6.85. The van der Waals surface area contributed by atoms with Crippen molar-refractivity contribution in [1.82, 2.24) is 10.6 Å². The molecule has 2 amide bonds. The van der Waals surface area contributed by atoms with E-state index in [4.69, 9.17) is 0 Å². The molecule has 4 nitrogen and oxygen atoms in total. The average molecular weight is 297 g/mol. The lowest BCUT2D eigenvalue weighted by molar-refractivity contribution is -0.119. The molecule has 0 bridgehead atoms. The van der Waals surface area contributed by atoms with Crippen molar-refractivity contribution in [1.29, 1.82) is 0 Å². The molecule has 0 saturated carbocycles. The second-order valence-electron chi connectivity index (χ2n) is 3.34. The van der Waals surface area contributed by atoms with Crippen LogP contribution in [0.2, 0.25) is 0 Å². The highest BCUT2D eigenvalue weighted by molar-refractivity contribution is 9.11. The Hall–Kier alpha value is -1.62. The van der Waals surface area contributed by atoms with Gasteiger partial charge in [-0.15, -0.1) is 0 Å². The molecule has 0 radical (unpaired) electrons. The first-order chi connectivity index (χ1) is 8.09. The summed E-state index contributed by atoms with van der Waals surface area (Å²) in [6, 6.07) is 8.74. The molecule has 0 saturated heterocycles. The van der Waals surface area contributed by atoms with E-state index in [-0.39, 0.29) is 18.4 Å². The van der Waals surface area contributed by atoms with Crippen LogP contribution in [0.25, 0.3) is 0 Å². The van der Waals surface area contributed by atoms with E-state index in [9.17, 15) is 9.59 Å². The quantitative estimate of drug-likeness (QED) is 0.864. The third-order valence-electron chi connectivity index (χ3n) is 1.92. The number of hydrogen-bond acceptors (Lipinski definition) is 2. The van der Waals surface area contributed by atoms with Gasteiger partial charge in [-0.2, -0.15) is 0 Å². The highest BCUT2D eigenvalue weighted by Gasteiger charge is 2.06. The molecule has 2 N–H and O–H groups in total. The van der Waals surface area contributed by atoms with Crippen LogP contribution in [0.1, 0.15) is 10.4 Å². The molecule has 0 fully saturated rings. The molecular weight excluding hydrogens is 284 g/mol. The molecule has 0 aliphatic heterocycles. The third-order valence-corrected chi connectivity index (χ3v) is 2.20. The minimum atomic E-state index is -0.265. The third kappa shape index (κ3) is 5.31. The van der Waals surface area contributed by atoms with Gasteiger partial charge in [0.2, 0.25) is 5.91 Å². The fourth-order valence-electron chi connectivity index (χ4n) is 1.11. The van der Waals surface area contributed by atoms with Crippen molar-refractivity contribution >= 4 is 27.7 Å². The summed E-state index contributed by atoms with van der Waals surface area (Å²) in [5.74, 6) is -0.520. The van der Waals surface area contributed by atoms with Gasteiger partial charge in [-0.3, -0.25) is 9.59 Å². The SMILES string of the molecule is C=C(Br)CNC(=O)CNC(=O)c1ccccc1. The van der Waals surface area contributed by atoms with Crippen molar-refractivity contribution in [2.45, 2.75) is 0 Å². The van der Waals surface area contributed by atoms with Crippen LogP contribution < -0.4 is 10.6 Å². The van der Waals surface area contributed by atoms with Gasteiger partial charge in [0.05, 0.1) is 6.54 Å². The summed E-state index contributed by atoms with van der Waals surface area (Å²) in [5.41, 5.74) is 0.533. The van der Waals surface area contributed by atoms with E-state index in [2.05, 4.69) is 33.1 Å². The number of hydrogen-bond donors (Lipinski definition) is 2. The fraction of sp³-hybridized carbons (Fsp3) is 0.167. The Morgan fingerprint density at radius 1 is 1.12 bits per heavy atom. The van der Waals surface area contributed by atoms with E-state index in [0.717, 1.165) is 0 Å². The first-order valence-corrected chi connectivity index (χ1v) is 5.82. The topological polar surface area (TPSA) is 58.2 Å².